The lowest BCUT2D eigenvalue weighted by atomic mass is 9.73. The van der Waals surface area contributed by atoms with E-state index in [9.17, 15) is 9.59 Å². The molecule has 0 aromatic carbocycles. The molecule has 2 atom stereocenters. The highest BCUT2D eigenvalue weighted by Crippen LogP contribution is 2.38. The summed E-state index contributed by atoms with van der Waals surface area (Å²) >= 11 is 0. The Kier molecular flexibility index (Phi) is 3.44. The number of hydrogen-bond acceptors (Lipinski definition) is 5. The van der Waals surface area contributed by atoms with Gasteiger partial charge < -0.3 is 14.3 Å². The molecule has 1 aliphatic heterocycles. The van der Waals surface area contributed by atoms with Crippen LogP contribution in [0.25, 0.3) is 11.5 Å². The van der Waals surface area contributed by atoms with Crippen molar-refractivity contribution in [3.05, 3.63) is 30.2 Å². The number of amides is 3. The first-order valence-corrected chi connectivity index (χ1v) is 8.24. The molecule has 24 heavy (non-hydrogen) atoms. The average Bonchev–Trinajstić information content (AvgIpc) is 3.28. The van der Waals surface area contributed by atoms with Crippen molar-refractivity contribution in [2.75, 3.05) is 0 Å². The van der Waals surface area contributed by atoms with Crippen LogP contribution in [0.15, 0.2) is 33.4 Å². The number of carbonyl (C=O) groups excluding carboxylic acids is 2. The smallest absolute Gasteiger partial charge is 0.325 e. The number of nitrogens with zero attached hydrogens (tertiary/aromatic N) is 2. The second-order valence-electron chi connectivity index (χ2n) is 6.60. The zero-order valence-electron chi connectivity index (χ0n) is 13.4. The Bertz CT molecular complexity index is 767. The summed E-state index contributed by atoms with van der Waals surface area (Å²) in [5.74, 6) is 1.03. The summed E-state index contributed by atoms with van der Waals surface area (Å²) in [7, 11) is 0. The number of furan rings is 1. The number of carbonyl (C=O) groups is 2. The molecule has 1 saturated carbocycles. The maximum absolute atomic E-state index is 12.9. The molecule has 7 heteroatoms. The van der Waals surface area contributed by atoms with Gasteiger partial charge in [-0.1, -0.05) is 24.9 Å². The van der Waals surface area contributed by atoms with E-state index in [4.69, 9.17) is 8.94 Å². The molecule has 2 aliphatic rings. The van der Waals surface area contributed by atoms with Crippen LogP contribution < -0.4 is 5.32 Å². The van der Waals surface area contributed by atoms with Crippen molar-refractivity contribution in [1.82, 2.24) is 15.4 Å². The molecule has 126 valence electrons. The molecular formula is C17H19N3O4. The van der Waals surface area contributed by atoms with Crippen molar-refractivity contribution in [1.29, 1.82) is 0 Å². The maximum atomic E-state index is 12.9. The molecule has 7 nitrogen and oxygen atoms in total. The minimum Gasteiger partial charge on any atom is -0.461 e. The van der Waals surface area contributed by atoms with E-state index in [2.05, 4.69) is 10.5 Å². The fourth-order valence-electron chi connectivity index (χ4n) is 3.72. The molecule has 0 bridgehead atoms. The number of aromatic nitrogens is 1. The number of nitrogens with one attached hydrogen (secondary N) is 1. The first-order valence-electron chi connectivity index (χ1n) is 8.24. The van der Waals surface area contributed by atoms with Crippen molar-refractivity contribution in [3.63, 3.8) is 0 Å². The van der Waals surface area contributed by atoms with E-state index in [-0.39, 0.29) is 24.4 Å². The summed E-state index contributed by atoms with van der Waals surface area (Å²) in [6.45, 7) is 2.13. The Morgan fingerprint density at radius 1 is 1.38 bits per heavy atom. The number of urea groups is 1. The zero-order chi connectivity index (χ0) is 16.7. The first kappa shape index (κ1) is 15.0. The minimum atomic E-state index is -0.747. The van der Waals surface area contributed by atoms with E-state index < -0.39 is 5.54 Å². The van der Waals surface area contributed by atoms with Gasteiger partial charge in [0.05, 0.1) is 12.8 Å². The van der Waals surface area contributed by atoms with Gasteiger partial charge in [-0.05, 0) is 30.9 Å². The third kappa shape index (κ3) is 2.23. The molecular weight excluding hydrogens is 310 g/mol. The SMILES string of the molecule is C[C@@H]1CCCC[C@]12NC(=O)N(Cc1cc(-c3ccco3)on1)C2=O. The second kappa shape index (κ2) is 5.51. The van der Waals surface area contributed by atoms with Crippen molar-refractivity contribution in [2.45, 2.75) is 44.7 Å². The number of hydrogen-bond donors (Lipinski definition) is 1. The van der Waals surface area contributed by atoms with Crippen molar-refractivity contribution in [2.24, 2.45) is 5.92 Å². The van der Waals surface area contributed by atoms with E-state index in [0.717, 1.165) is 19.3 Å². The van der Waals surface area contributed by atoms with Gasteiger partial charge in [0.2, 0.25) is 5.76 Å². The molecule has 1 N–H and O–H groups in total. The van der Waals surface area contributed by atoms with E-state index in [1.165, 1.54) is 4.90 Å². The lowest BCUT2D eigenvalue weighted by Crippen LogP contribution is -2.53. The van der Waals surface area contributed by atoms with Crippen LogP contribution in [0, 0.1) is 5.92 Å². The van der Waals surface area contributed by atoms with E-state index in [0.29, 0.717) is 23.6 Å². The van der Waals surface area contributed by atoms with Crippen LogP contribution in [0.2, 0.25) is 0 Å². The third-order valence-electron chi connectivity index (χ3n) is 5.14. The van der Waals surface area contributed by atoms with Gasteiger partial charge in [0, 0.05) is 6.07 Å². The van der Waals surface area contributed by atoms with E-state index >= 15 is 0 Å². The molecule has 0 unspecified atom stereocenters. The Morgan fingerprint density at radius 3 is 3.00 bits per heavy atom. The molecule has 3 heterocycles. The van der Waals surface area contributed by atoms with Gasteiger partial charge in [0.15, 0.2) is 5.76 Å². The normalized spacial score (nSPS) is 27.0. The predicted molar refractivity (Wildman–Crippen MR) is 83.6 cm³/mol. The molecule has 1 aliphatic carbocycles. The molecule has 0 radical (unpaired) electrons. The summed E-state index contributed by atoms with van der Waals surface area (Å²) in [5, 5.41) is 6.88. The number of rotatable bonds is 3. The van der Waals surface area contributed by atoms with Crippen LogP contribution in [0.1, 0.15) is 38.3 Å². The van der Waals surface area contributed by atoms with Gasteiger partial charge in [-0.15, -0.1) is 0 Å². The van der Waals surface area contributed by atoms with Crippen molar-refractivity contribution >= 4 is 11.9 Å². The fourth-order valence-corrected chi connectivity index (χ4v) is 3.72. The summed E-state index contributed by atoms with van der Waals surface area (Å²) < 4.78 is 10.5. The largest absolute Gasteiger partial charge is 0.461 e. The molecule has 1 saturated heterocycles. The maximum Gasteiger partial charge on any atom is 0.325 e. The second-order valence-corrected chi connectivity index (χ2v) is 6.60. The highest BCUT2D eigenvalue weighted by Gasteiger charge is 2.54. The molecule has 2 aromatic rings. The first-order chi connectivity index (χ1) is 11.6. The summed E-state index contributed by atoms with van der Waals surface area (Å²) in [6, 6.07) is 4.85. The molecule has 3 amide bonds. The third-order valence-corrected chi connectivity index (χ3v) is 5.14. The number of imide groups is 1. The van der Waals surface area contributed by atoms with Gasteiger partial charge in [-0.3, -0.25) is 9.69 Å². The Labute approximate surface area is 139 Å². The van der Waals surface area contributed by atoms with Gasteiger partial charge in [-0.25, -0.2) is 4.79 Å². The van der Waals surface area contributed by atoms with Crippen molar-refractivity contribution in [3.8, 4) is 11.5 Å². The van der Waals surface area contributed by atoms with Gasteiger partial charge in [0.25, 0.3) is 5.91 Å². The van der Waals surface area contributed by atoms with Gasteiger partial charge in [-0.2, -0.15) is 0 Å². The Balaban J connectivity index is 1.55. The lowest BCUT2D eigenvalue weighted by Gasteiger charge is -2.36. The van der Waals surface area contributed by atoms with Gasteiger partial charge >= 0.3 is 6.03 Å². The average molecular weight is 329 g/mol. The fraction of sp³-hybridized carbons (Fsp3) is 0.471. The predicted octanol–water partition coefficient (Wildman–Crippen LogP) is 2.94. The highest BCUT2D eigenvalue weighted by atomic mass is 16.5. The minimum absolute atomic E-state index is 0.101. The standard InChI is InChI=1S/C17H19N3O4/c1-11-5-2-3-7-17(11)15(21)20(16(22)18-17)10-12-9-14(24-19-12)13-6-4-8-23-13/h4,6,8-9,11H,2-3,5,7,10H2,1H3,(H,18,22)/t11-,17+/m1/s1. The van der Waals surface area contributed by atoms with Crippen LogP contribution in [0.4, 0.5) is 4.79 Å². The van der Waals surface area contributed by atoms with Gasteiger partial charge in [0.1, 0.15) is 11.2 Å². The molecule has 4 rings (SSSR count). The van der Waals surface area contributed by atoms with E-state index in [1.807, 2.05) is 6.92 Å². The molecule has 2 fully saturated rings. The zero-order valence-corrected chi connectivity index (χ0v) is 13.4. The van der Waals surface area contributed by atoms with Crippen LogP contribution in [-0.4, -0.2) is 27.5 Å². The molecule has 1 spiro atoms. The topological polar surface area (TPSA) is 88.6 Å². The highest BCUT2D eigenvalue weighted by molar-refractivity contribution is 6.07. The van der Waals surface area contributed by atoms with Crippen LogP contribution in [-0.2, 0) is 11.3 Å². The lowest BCUT2D eigenvalue weighted by molar-refractivity contribution is -0.134. The summed E-state index contributed by atoms with van der Waals surface area (Å²) in [4.78, 5) is 26.5. The van der Waals surface area contributed by atoms with E-state index in [1.54, 1.807) is 24.5 Å². The quantitative estimate of drug-likeness (QED) is 0.875. The monoisotopic (exact) mass is 329 g/mol. The van der Waals surface area contributed by atoms with Crippen LogP contribution >= 0.6 is 0 Å². The Morgan fingerprint density at radius 2 is 2.25 bits per heavy atom. The van der Waals surface area contributed by atoms with Crippen LogP contribution in [0.3, 0.4) is 0 Å². The van der Waals surface area contributed by atoms with Crippen LogP contribution in [0.5, 0.6) is 0 Å². The summed E-state index contributed by atoms with van der Waals surface area (Å²) in [6.07, 6.45) is 5.25. The van der Waals surface area contributed by atoms with Crippen molar-refractivity contribution < 1.29 is 18.5 Å². The Hall–Kier alpha value is -2.57. The molecule has 2 aromatic heterocycles. The summed E-state index contributed by atoms with van der Waals surface area (Å²) in [5.41, 5.74) is -0.228.